The second kappa shape index (κ2) is 11.5. The second-order valence-electron chi connectivity index (χ2n) is 8.67. The van der Waals surface area contributed by atoms with Gasteiger partial charge in [-0.1, -0.05) is 47.1 Å². The standard InChI is InChI=1S/C28H30BrNO4S/c1-4-35-14-13-34-28(32)25-17(2)30-23-15-20(18-7-11-22(33-3)12-8-18)16-24(31)27(23)26(25)19-5-9-21(29)10-6-19/h5-12,20,26,30H,4,13-16H2,1-3H3. The Balaban J connectivity index is 1.69. The molecule has 0 fully saturated rings. The molecule has 0 saturated heterocycles. The highest BCUT2D eigenvalue weighted by Crippen LogP contribution is 2.46. The van der Waals surface area contributed by atoms with Gasteiger partial charge in [-0.05, 0) is 60.4 Å². The lowest BCUT2D eigenvalue weighted by molar-refractivity contribution is -0.138. The molecule has 0 bridgehead atoms. The lowest BCUT2D eigenvalue weighted by Crippen LogP contribution is -2.36. The van der Waals surface area contributed by atoms with Crippen LogP contribution < -0.4 is 10.1 Å². The summed E-state index contributed by atoms with van der Waals surface area (Å²) in [6, 6.07) is 15.7. The molecule has 184 valence electrons. The molecule has 1 N–H and O–H groups in total. The van der Waals surface area contributed by atoms with Crippen LogP contribution in [-0.2, 0) is 14.3 Å². The molecule has 0 radical (unpaired) electrons. The number of carbonyl (C=O) groups excluding carboxylic acids is 2. The zero-order valence-corrected chi connectivity index (χ0v) is 22.6. The molecule has 2 aromatic carbocycles. The molecule has 7 heteroatoms. The number of allylic oxidation sites excluding steroid dienone is 3. The van der Waals surface area contributed by atoms with Gasteiger partial charge in [0.05, 0.1) is 12.7 Å². The summed E-state index contributed by atoms with van der Waals surface area (Å²) in [4.78, 5) is 26.9. The van der Waals surface area contributed by atoms with Crippen molar-refractivity contribution in [2.45, 2.75) is 38.5 Å². The lowest BCUT2D eigenvalue weighted by Gasteiger charge is -2.36. The van der Waals surface area contributed by atoms with Gasteiger partial charge in [0.25, 0.3) is 0 Å². The quantitative estimate of drug-likeness (QED) is 0.313. The number of hydrogen-bond donors (Lipinski definition) is 1. The highest BCUT2D eigenvalue weighted by molar-refractivity contribution is 9.10. The largest absolute Gasteiger partial charge is 0.497 e. The predicted molar refractivity (Wildman–Crippen MR) is 144 cm³/mol. The first-order valence-electron chi connectivity index (χ1n) is 11.8. The van der Waals surface area contributed by atoms with Crippen molar-refractivity contribution in [2.75, 3.05) is 25.2 Å². The number of nitrogens with one attached hydrogen (secondary N) is 1. The van der Waals surface area contributed by atoms with Crippen LogP contribution in [0.2, 0.25) is 0 Å². The molecule has 2 aliphatic rings. The Morgan fingerprint density at radius 2 is 1.77 bits per heavy atom. The van der Waals surface area contributed by atoms with Crippen LogP contribution in [0.15, 0.2) is 75.5 Å². The summed E-state index contributed by atoms with van der Waals surface area (Å²) in [5.41, 5.74) is 4.85. The zero-order chi connectivity index (χ0) is 24.9. The van der Waals surface area contributed by atoms with Crippen LogP contribution in [-0.4, -0.2) is 37.0 Å². The van der Waals surface area contributed by atoms with E-state index in [2.05, 4.69) is 28.2 Å². The minimum absolute atomic E-state index is 0.0619. The average Bonchev–Trinajstić information content (AvgIpc) is 2.86. The van der Waals surface area contributed by atoms with E-state index in [1.807, 2.05) is 55.5 Å². The fourth-order valence-corrected chi connectivity index (χ4v) is 5.58. The number of methoxy groups -OCH3 is 1. The average molecular weight is 557 g/mol. The summed E-state index contributed by atoms with van der Waals surface area (Å²) in [5.74, 6) is 1.83. The fraction of sp³-hybridized carbons (Fsp3) is 0.357. The van der Waals surface area contributed by atoms with Gasteiger partial charge in [0, 0.05) is 39.5 Å². The Morgan fingerprint density at radius 3 is 2.43 bits per heavy atom. The number of esters is 1. The third-order valence-electron chi connectivity index (χ3n) is 6.50. The van der Waals surface area contributed by atoms with Crippen LogP contribution in [0.5, 0.6) is 5.75 Å². The molecule has 2 unspecified atom stereocenters. The number of ketones is 1. The third kappa shape index (κ3) is 5.67. The minimum Gasteiger partial charge on any atom is -0.497 e. The van der Waals surface area contributed by atoms with Gasteiger partial charge < -0.3 is 14.8 Å². The summed E-state index contributed by atoms with van der Waals surface area (Å²) >= 11 is 5.22. The third-order valence-corrected chi connectivity index (χ3v) is 7.90. The number of hydrogen-bond acceptors (Lipinski definition) is 6. The van der Waals surface area contributed by atoms with Gasteiger partial charge in [0.15, 0.2) is 5.78 Å². The molecule has 0 aromatic heterocycles. The molecular weight excluding hydrogens is 526 g/mol. The summed E-state index contributed by atoms with van der Waals surface area (Å²) < 4.78 is 11.9. The number of benzene rings is 2. The number of halogens is 1. The van der Waals surface area contributed by atoms with E-state index in [9.17, 15) is 9.59 Å². The number of Topliss-reactive ketones (excluding diaryl/α,β-unsaturated/α-hetero) is 1. The number of dihydropyridines is 1. The van der Waals surface area contributed by atoms with Crippen LogP contribution in [0.3, 0.4) is 0 Å². The van der Waals surface area contributed by atoms with E-state index < -0.39 is 5.92 Å². The van der Waals surface area contributed by atoms with Gasteiger partial charge in [0.2, 0.25) is 0 Å². The molecule has 0 spiro atoms. The van der Waals surface area contributed by atoms with Crippen LogP contribution in [0.1, 0.15) is 49.7 Å². The van der Waals surface area contributed by atoms with Gasteiger partial charge in [-0.2, -0.15) is 11.8 Å². The maximum atomic E-state index is 13.7. The summed E-state index contributed by atoms with van der Waals surface area (Å²) in [7, 11) is 1.64. The van der Waals surface area contributed by atoms with E-state index >= 15 is 0 Å². The van der Waals surface area contributed by atoms with E-state index in [0.717, 1.165) is 44.2 Å². The molecule has 35 heavy (non-hydrogen) atoms. The summed E-state index contributed by atoms with van der Waals surface area (Å²) in [6.45, 7) is 4.32. The van der Waals surface area contributed by atoms with E-state index in [4.69, 9.17) is 9.47 Å². The maximum Gasteiger partial charge on any atom is 0.336 e. The van der Waals surface area contributed by atoms with Crippen LogP contribution in [0.25, 0.3) is 0 Å². The Bertz CT molecular complexity index is 1150. The smallest absolute Gasteiger partial charge is 0.336 e. The maximum absolute atomic E-state index is 13.7. The fourth-order valence-electron chi connectivity index (χ4n) is 4.83. The summed E-state index contributed by atoms with van der Waals surface area (Å²) in [6.07, 6.45) is 1.10. The molecule has 0 amide bonds. The van der Waals surface area contributed by atoms with E-state index in [-0.39, 0.29) is 17.7 Å². The number of thioether (sulfide) groups is 1. The highest BCUT2D eigenvalue weighted by atomic mass is 79.9. The van der Waals surface area contributed by atoms with E-state index in [1.165, 1.54) is 0 Å². The van der Waals surface area contributed by atoms with Crippen LogP contribution in [0, 0.1) is 0 Å². The predicted octanol–water partition coefficient (Wildman–Crippen LogP) is 6.12. The Hall–Kier alpha value is -2.51. The molecule has 2 atom stereocenters. The van der Waals surface area contributed by atoms with Gasteiger partial charge in [-0.15, -0.1) is 0 Å². The topological polar surface area (TPSA) is 64.6 Å². The minimum atomic E-state index is -0.449. The van der Waals surface area contributed by atoms with Crippen molar-refractivity contribution in [3.05, 3.63) is 86.7 Å². The highest BCUT2D eigenvalue weighted by Gasteiger charge is 2.41. The molecule has 4 rings (SSSR count). The second-order valence-corrected chi connectivity index (χ2v) is 11.0. The zero-order valence-electron chi connectivity index (χ0n) is 20.2. The van der Waals surface area contributed by atoms with Crippen molar-refractivity contribution >= 4 is 39.4 Å². The summed E-state index contributed by atoms with van der Waals surface area (Å²) in [5, 5.41) is 3.41. The molecule has 5 nitrogen and oxygen atoms in total. The first kappa shape index (κ1) is 25.6. The van der Waals surface area contributed by atoms with Crippen LogP contribution in [0.4, 0.5) is 0 Å². The van der Waals surface area contributed by atoms with E-state index in [1.54, 1.807) is 18.9 Å². The molecular formula is C28H30BrNO4S. The monoisotopic (exact) mass is 555 g/mol. The molecule has 1 heterocycles. The molecule has 1 aliphatic heterocycles. The van der Waals surface area contributed by atoms with Crippen LogP contribution >= 0.6 is 27.7 Å². The SMILES string of the molecule is CCSCCOC(=O)C1=C(C)NC2=C(C(=O)CC(c3ccc(OC)cc3)C2)C1c1ccc(Br)cc1. The first-order chi connectivity index (χ1) is 16.9. The van der Waals surface area contributed by atoms with Crippen molar-refractivity contribution < 1.29 is 19.1 Å². The first-order valence-corrected chi connectivity index (χ1v) is 13.8. The van der Waals surface area contributed by atoms with Gasteiger partial charge in [0.1, 0.15) is 12.4 Å². The molecule has 0 saturated carbocycles. The normalized spacial score (nSPS) is 19.8. The van der Waals surface area contributed by atoms with E-state index in [0.29, 0.717) is 30.6 Å². The van der Waals surface area contributed by atoms with Gasteiger partial charge in [-0.3, -0.25) is 4.79 Å². The van der Waals surface area contributed by atoms with Crippen molar-refractivity contribution in [1.82, 2.24) is 5.32 Å². The number of rotatable bonds is 8. The lowest BCUT2D eigenvalue weighted by atomic mass is 9.72. The number of ether oxygens (including phenoxy) is 2. The van der Waals surface area contributed by atoms with Crippen molar-refractivity contribution in [3.8, 4) is 5.75 Å². The molecule has 2 aromatic rings. The number of carbonyl (C=O) groups is 2. The van der Waals surface area contributed by atoms with Gasteiger partial charge in [-0.25, -0.2) is 4.79 Å². The van der Waals surface area contributed by atoms with Crippen molar-refractivity contribution in [1.29, 1.82) is 0 Å². The molecule has 1 aliphatic carbocycles. The Morgan fingerprint density at radius 1 is 1.09 bits per heavy atom. The van der Waals surface area contributed by atoms with Gasteiger partial charge >= 0.3 is 5.97 Å². The Labute approximate surface area is 219 Å². The van der Waals surface area contributed by atoms with Crippen molar-refractivity contribution in [2.24, 2.45) is 0 Å². The van der Waals surface area contributed by atoms with Crippen molar-refractivity contribution in [3.63, 3.8) is 0 Å². The Kier molecular flexibility index (Phi) is 8.39.